The molecule has 0 saturated carbocycles. The Morgan fingerprint density at radius 2 is 1.13 bits per heavy atom. The van der Waals surface area contributed by atoms with Crippen molar-refractivity contribution in [1.82, 2.24) is 0 Å². The highest BCUT2D eigenvalue weighted by Gasteiger charge is 2.45. The van der Waals surface area contributed by atoms with E-state index in [0.29, 0.717) is 6.61 Å². The van der Waals surface area contributed by atoms with E-state index in [4.69, 9.17) is 18.0 Å². The molecule has 5 nitrogen and oxygen atoms in total. The Hall–Kier alpha value is -1.30. The van der Waals surface area contributed by atoms with Crippen LogP contribution in [0.3, 0.4) is 0 Å². The molecule has 0 radical (unpaired) electrons. The summed E-state index contributed by atoms with van der Waals surface area (Å²) in [4.78, 5) is 11.7. The maximum Gasteiger partial charge on any atom is 0.330 e. The van der Waals surface area contributed by atoms with Gasteiger partial charge in [0.1, 0.15) is 0 Å². The molecule has 0 amide bonds. The summed E-state index contributed by atoms with van der Waals surface area (Å²) in [7, 11) is -6.28. The van der Waals surface area contributed by atoms with E-state index in [9.17, 15) is 4.79 Å². The minimum absolute atomic E-state index is 0.0407. The second-order valence-corrected chi connectivity index (χ2v) is 32.1. The molecular weight excluding hydrogens is 633 g/mol. The molecule has 0 spiro atoms. The van der Waals surface area contributed by atoms with E-state index in [1.807, 2.05) is 6.92 Å². The fourth-order valence-electron chi connectivity index (χ4n) is 4.11. The van der Waals surface area contributed by atoms with Crippen molar-refractivity contribution in [2.24, 2.45) is 0 Å². The molecule has 0 aliphatic carbocycles. The summed E-state index contributed by atoms with van der Waals surface area (Å²) in [5, 5.41) is 0.250. The first kappa shape index (κ1) is 45.7. The van der Waals surface area contributed by atoms with Crippen LogP contribution >= 0.6 is 0 Å². The highest BCUT2D eigenvalue weighted by Crippen LogP contribution is 2.42. The van der Waals surface area contributed by atoms with Gasteiger partial charge < -0.3 is 18.0 Å². The van der Waals surface area contributed by atoms with Crippen LogP contribution < -0.4 is 0 Å². The lowest BCUT2D eigenvalue weighted by Gasteiger charge is -2.46. The second kappa shape index (κ2) is 18.1. The minimum atomic E-state index is -2.16. The van der Waals surface area contributed by atoms with Crippen LogP contribution in [-0.4, -0.2) is 55.8 Å². The fraction of sp³-hybridized carbons (Fsp3) is 0.718. The van der Waals surface area contributed by atoms with Crippen molar-refractivity contribution in [2.75, 3.05) is 6.61 Å². The molecule has 0 aromatic heterocycles. The van der Waals surface area contributed by atoms with Crippen molar-refractivity contribution in [1.29, 1.82) is 0 Å². The number of ether oxygens (including phenoxy) is 1. The number of esters is 1. The molecule has 0 aromatic rings. The van der Waals surface area contributed by atoms with Gasteiger partial charge in [-0.1, -0.05) is 115 Å². The van der Waals surface area contributed by atoms with Gasteiger partial charge in [0.2, 0.25) is 0 Å². The SMILES string of the molecule is CCOC(=O)C=CC(C)=CC(C)=CC=CC(C)=C[C@H](O[Si](C)(C)C(C)(C)C)[C@H](C[C@@H](C)O[Si](C)(C)C(C)(C)C)O[Si](C)(C)C(C)(C)C. The molecule has 3 atom stereocenters. The first-order chi connectivity index (χ1) is 21.0. The summed E-state index contributed by atoms with van der Waals surface area (Å²) in [6, 6.07) is 0. The maximum absolute atomic E-state index is 11.7. The van der Waals surface area contributed by atoms with E-state index < -0.39 is 25.0 Å². The van der Waals surface area contributed by atoms with Gasteiger partial charge in [-0.25, -0.2) is 4.79 Å². The van der Waals surface area contributed by atoms with Crippen molar-refractivity contribution in [3.05, 3.63) is 59.3 Å². The summed E-state index contributed by atoms with van der Waals surface area (Å²) in [5.41, 5.74) is 3.20. The summed E-state index contributed by atoms with van der Waals surface area (Å²) in [6.45, 7) is 45.2. The Bertz CT molecular complexity index is 1150. The summed E-state index contributed by atoms with van der Waals surface area (Å²) < 4.78 is 26.4. The molecule has 0 aliphatic heterocycles. The minimum Gasteiger partial charge on any atom is -0.463 e. The highest BCUT2D eigenvalue weighted by molar-refractivity contribution is 6.75. The Morgan fingerprint density at radius 1 is 0.660 bits per heavy atom. The number of allylic oxidation sites excluding steroid dienone is 8. The lowest BCUT2D eigenvalue weighted by Crippen LogP contribution is -2.52. The van der Waals surface area contributed by atoms with E-state index in [1.165, 1.54) is 6.08 Å². The van der Waals surface area contributed by atoms with Crippen LogP contribution in [0.4, 0.5) is 0 Å². The van der Waals surface area contributed by atoms with Crippen LogP contribution in [0.5, 0.6) is 0 Å². The fourth-order valence-corrected chi connectivity index (χ4v) is 8.16. The van der Waals surface area contributed by atoms with Gasteiger partial charge in [0, 0.05) is 12.2 Å². The molecule has 0 heterocycles. The molecule has 0 aliphatic rings. The van der Waals surface area contributed by atoms with Gasteiger partial charge in [-0.15, -0.1) is 0 Å². The molecule has 0 saturated heterocycles. The van der Waals surface area contributed by atoms with Crippen LogP contribution in [0.2, 0.25) is 54.4 Å². The van der Waals surface area contributed by atoms with Crippen LogP contribution in [0.25, 0.3) is 0 Å². The second-order valence-electron chi connectivity index (χ2n) is 17.8. The summed E-state index contributed by atoms with van der Waals surface area (Å²) >= 11 is 0. The van der Waals surface area contributed by atoms with Crippen molar-refractivity contribution in [3.63, 3.8) is 0 Å². The number of hydrogen-bond acceptors (Lipinski definition) is 5. The van der Waals surface area contributed by atoms with Crippen LogP contribution in [0.15, 0.2) is 59.3 Å². The summed E-state index contributed by atoms with van der Waals surface area (Å²) in [5.74, 6) is -0.325. The van der Waals surface area contributed by atoms with E-state index in [-0.39, 0.29) is 39.4 Å². The van der Waals surface area contributed by atoms with Gasteiger partial charge in [-0.2, -0.15) is 0 Å². The zero-order valence-electron chi connectivity index (χ0n) is 34.2. The average Bonchev–Trinajstić information content (AvgIpc) is 2.84. The van der Waals surface area contributed by atoms with Gasteiger partial charge >= 0.3 is 5.97 Å². The lowest BCUT2D eigenvalue weighted by atomic mass is 10.0. The quantitative estimate of drug-likeness (QED) is 0.0692. The van der Waals surface area contributed by atoms with E-state index >= 15 is 0 Å². The smallest absolute Gasteiger partial charge is 0.330 e. The Labute approximate surface area is 294 Å². The average molecular weight is 707 g/mol. The first-order valence-electron chi connectivity index (χ1n) is 17.6. The van der Waals surface area contributed by atoms with Crippen molar-refractivity contribution >= 4 is 30.9 Å². The molecular formula is C39H74O5Si3. The molecule has 272 valence electrons. The van der Waals surface area contributed by atoms with Crippen LogP contribution in [0, 0.1) is 0 Å². The Balaban J connectivity index is 6.73. The lowest BCUT2D eigenvalue weighted by molar-refractivity contribution is -0.137. The highest BCUT2D eigenvalue weighted by atomic mass is 28.4. The predicted octanol–water partition coefficient (Wildman–Crippen LogP) is 12.1. The van der Waals surface area contributed by atoms with Gasteiger partial charge in [0.15, 0.2) is 25.0 Å². The van der Waals surface area contributed by atoms with Crippen molar-refractivity contribution < 1.29 is 22.8 Å². The zero-order valence-corrected chi connectivity index (χ0v) is 37.2. The van der Waals surface area contributed by atoms with E-state index in [0.717, 1.165) is 23.1 Å². The number of carbonyl (C=O) groups is 1. The molecule has 47 heavy (non-hydrogen) atoms. The normalized spacial score (nSPS) is 17.4. The topological polar surface area (TPSA) is 54.0 Å². The monoisotopic (exact) mass is 706 g/mol. The Morgan fingerprint density at radius 3 is 1.60 bits per heavy atom. The molecule has 0 fully saturated rings. The first-order valence-corrected chi connectivity index (χ1v) is 26.3. The third-order valence-electron chi connectivity index (χ3n) is 10.1. The van der Waals surface area contributed by atoms with E-state index in [2.05, 4.69) is 153 Å². The molecule has 0 unspecified atom stereocenters. The van der Waals surface area contributed by atoms with Gasteiger partial charge in [-0.05, 0) is 95.4 Å². The molecule has 0 aromatic carbocycles. The van der Waals surface area contributed by atoms with Gasteiger partial charge in [-0.3, -0.25) is 0 Å². The van der Waals surface area contributed by atoms with Crippen molar-refractivity contribution in [2.45, 2.75) is 176 Å². The molecule has 0 N–H and O–H groups in total. The molecule has 8 heteroatoms. The predicted molar refractivity (Wildman–Crippen MR) is 213 cm³/mol. The summed E-state index contributed by atoms with van der Waals surface area (Å²) in [6.07, 6.45) is 14.4. The number of carbonyl (C=O) groups excluding carboxylic acids is 1. The molecule has 0 bridgehead atoms. The molecule has 0 rings (SSSR count). The van der Waals surface area contributed by atoms with Crippen LogP contribution in [-0.2, 0) is 22.8 Å². The van der Waals surface area contributed by atoms with E-state index in [1.54, 1.807) is 13.0 Å². The number of hydrogen-bond donors (Lipinski definition) is 0. The van der Waals surface area contributed by atoms with Gasteiger partial charge in [0.05, 0.1) is 18.8 Å². The van der Waals surface area contributed by atoms with Gasteiger partial charge in [0.25, 0.3) is 0 Å². The zero-order chi connectivity index (χ0) is 37.2. The number of rotatable bonds is 16. The van der Waals surface area contributed by atoms with Crippen molar-refractivity contribution in [3.8, 4) is 0 Å². The maximum atomic E-state index is 11.7. The third kappa shape index (κ3) is 16.3. The van der Waals surface area contributed by atoms with Crippen LogP contribution in [0.1, 0.15) is 103 Å². The Kier molecular flexibility index (Phi) is 17.6. The standard InChI is InChI=1S/C39H74O5Si3/c1-21-41-36(40)26-25-32(4)27-30(2)23-22-24-31(3)28-34(43-46(17,18)38(9,10)11)35(44-47(19,20)39(12,13)14)29-33(5)42-45(15,16)37(6,7)8/h22-28,33-35H,21,29H2,1-20H3/t33-,34+,35+/m1/s1. The third-order valence-corrected chi connectivity index (χ3v) is 23.7. The largest absolute Gasteiger partial charge is 0.463 e.